The molecule has 2 rings (SSSR count). The van der Waals surface area contributed by atoms with E-state index in [9.17, 15) is 4.79 Å². The zero-order valence-electron chi connectivity index (χ0n) is 9.43. The van der Waals surface area contributed by atoms with E-state index in [4.69, 9.17) is 0 Å². The molecule has 0 aromatic carbocycles. The topological polar surface area (TPSA) is 23.6 Å². The Labute approximate surface area is 119 Å². The van der Waals surface area contributed by atoms with E-state index in [1.54, 1.807) is 0 Å². The van der Waals surface area contributed by atoms with Crippen molar-refractivity contribution in [2.45, 2.75) is 0 Å². The quantitative estimate of drug-likeness (QED) is 0.856. The average molecular weight is 335 g/mol. The summed E-state index contributed by atoms with van der Waals surface area (Å²) >= 11 is 9.11. The maximum Gasteiger partial charge on any atom is 0.264 e. The van der Waals surface area contributed by atoms with Crippen LogP contribution in [0.2, 0.25) is 0 Å². The molecule has 0 N–H and O–H groups in total. The predicted molar refractivity (Wildman–Crippen MR) is 78.2 cm³/mol. The second-order valence-electron chi connectivity index (χ2n) is 3.96. The van der Waals surface area contributed by atoms with E-state index in [1.807, 2.05) is 17.0 Å². The first kappa shape index (κ1) is 13.4. The highest BCUT2D eigenvalue weighted by Crippen LogP contribution is 2.23. The van der Waals surface area contributed by atoms with Gasteiger partial charge in [-0.05, 0) is 28.1 Å². The van der Waals surface area contributed by atoms with Gasteiger partial charge in [-0.25, -0.2) is 0 Å². The molecule has 0 aliphatic carbocycles. The number of nitrogens with zero attached hydrogens (tertiary/aromatic N) is 2. The summed E-state index contributed by atoms with van der Waals surface area (Å²) in [6, 6.07) is 3.81. The first-order valence-corrected chi connectivity index (χ1v) is 7.82. The SMILES string of the molecule is O=C(c1ccc(Br)s1)N1CCN(CCS)CC1. The highest BCUT2D eigenvalue weighted by Gasteiger charge is 2.22. The summed E-state index contributed by atoms with van der Waals surface area (Å²) in [4.78, 5) is 17.3. The fraction of sp³-hybridized carbons (Fsp3) is 0.545. The van der Waals surface area contributed by atoms with Crippen molar-refractivity contribution < 1.29 is 4.79 Å². The monoisotopic (exact) mass is 334 g/mol. The van der Waals surface area contributed by atoms with Crippen molar-refractivity contribution in [3.8, 4) is 0 Å². The summed E-state index contributed by atoms with van der Waals surface area (Å²) in [7, 11) is 0. The molecule has 6 heteroatoms. The molecule has 0 radical (unpaired) electrons. The van der Waals surface area contributed by atoms with Crippen molar-refractivity contribution in [1.29, 1.82) is 0 Å². The van der Waals surface area contributed by atoms with Crippen LogP contribution in [0.25, 0.3) is 0 Å². The standard InChI is InChI=1S/C11H15BrN2OS2/c12-10-2-1-9(17-10)11(15)14-5-3-13(4-6-14)7-8-16/h1-2,16H,3-8H2. The Morgan fingerprint density at radius 3 is 2.59 bits per heavy atom. The van der Waals surface area contributed by atoms with E-state index >= 15 is 0 Å². The van der Waals surface area contributed by atoms with E-state index in [0.29, 0.717) is 0 Å². The summed E-state index contributed by atoms with van der Waals surface area (Å²) < 4.78 is 1.01. The summed E-state index contributed by atoms with van der Waals surface area (Å²) in [6.07, 6.45) is 0. The number of hydrogen-bond donors (Lipinski definition) is 1. The summed E-state index contributed by atoms with van der Waals surface area (Å²) in [5, 5.41) is 0. The van der Waals surface area contributed by atoms with Crippen molar-refractivity contribution in [2.24, 2.45) is 0 Å². The molecule has 1 amide bonds. The average Bonchev–Trinajstić information content (AvgIpc) is 2.76. The molecule has 0 bridgehead atoms. The Bertz CT molecular complexity index is 389. The van der Waals surface area contributed by atoms with Crippen LogP contribution < -0.4 is 0 Å². The molecule has 17 heavy (non-hydrogen) atoms. The predicted octanol–water partition coefficient (Wildman–Crippen LogP) is 2.20. The summed E-state index contributed by atoms with van der Waals surface area (Å²) in [5.41, 5.74) is 0. The molecule has 3 nitrogen and oxygen atoms in total. The van der Waals surface area contributed by atoms with Crippen LogP contribution in [0.1, 0.15) is 9.67 Å². The van der Waals surface area contributed by atoms with Crippen LogP contribution in [-0.4, -0.2) is 54.2 Å². The van der Waals surface area contributed by atoms with Gasteiger partial charge in [0.2, 0.25) is 0 Å². The lowest BCUT2D eigenvalue weighted by molar-refractivity contribution is 0.0649. The second-order valence-corrected chi connectivity index (χ2v) is 6.87. The Hall–Kier alpha value is -0.0400. The molecule has 1 fully saturated rings. The van der Waals surface area contributed by atoms with Gasteiger partial charge >= 0.3 is 0 Å². The van der Waals surface area contributed by atoms with Gasteiger partial charge in [-0.2, -0.15) is 12.6 Å². The molecule has 1 aliphatic rings. The van der Waals surface area contributed by atoms with Crippen LogP contribution in [0.3, 0.4) is 0 Å². The van der Waals surface area contributed by atoms with E-state index in [0.717, 1.165) is 47.1 Å². The third-order valence-corrected chi connectivity index (χ3v) is 4.67. The van der Waals surface area contributed by atoms with Crippen LogP contribution in [0.5, 0.6) is 0 Å². The fourth-order valence-electron chi connectivity index (χ4n) is 1.90. The molecule has 0 spiro atoms. The minimum Gasteiger partial charge on any atom is -0.335 e. The zero-order chi connectivity index (χ0) is 12.3. The molecule has 0 saturated carbocycles. The smallest absolute Gasteiger partial charge is 0.264 e. The van der Waals surface area contributed by atoms with Crippen molar-refractivity contribution in [1.82, 2.24) is 9.80 Å². The van der Waals surface area contributed by atoms with Crippen LogP contribution in [-0.2, 0) is 0 Å². The highest BCUT2D eigenvalue weighted by molar-refractivity contribution is 9.11. The number of piperazine rings is 1. The van der Waals surface area contributed by atoms with Gasteiger partial charge in [-0.15, -0.1) is 11.3 Å². The van der Waals surface area contributed by atoms with Crippen LogP contribution in [0.15, 0.2) is 15.9 Å². The number of halogens is 1. The molecule has 1 saturated heterocycles. The van der Waals surface area contributed by atoms with E-state index in [1.165, 1.54) is 11.3 Å². The molecule has 2 heterocycles. The Morgan fingerprint density at radius 1 is 1.35 bits per heavy atom. The Balaban J connectivity index is 1.90. The second kappa shape index (κ2) is 6.22. The number of thiophene rings is 1. The van der Waals surface area contributed by atoms with Gasteiger partial charge < -0.3 is 4.90 Å². The molecule has 1 aliphatic heterocycles. The number of carbonyl (C=O) groups is 1. The largest absolute Gasteiger partial charge is 0.335 e. The maximum absolute atomic E-state index is 12.2. The number of carbonyl (C=O) groups excluding carboxylic acids is 1. The number of thiol groups is 1. The normalized spacial score (nSPS) is 17.4. The number of amides is 1. The van der Waals surface area contributed by atoms with Crippen molar-refractivity contribution in [3.63, 3.8) is 0 Å². The van der Waals surface area contributed by atoms with Gasteiger partial charge in [-0.1, -0.05) is 0 Å². The van der Waals surface area contributed by atoms with E-state index < -0.39 is 0 Å². The van der Waals surface area contributed by atoms with Gasteiger partial charge in [0.25, 0.3) is 5.91 Å². The molecule has 0 unspecified atom stereocenters. The molecule has 1 aromatic rings. The minimum atomic E-state index is 0.159. The molecule has 94 valence electrons. The van der Waals surface area contributed by atoms with Crippen molar-refractivity contribution in [3.05, 3.63) is 20.8 Å². The zero-order valence-corrected chi connectivity index (χ0v) is 12.7. The van der Waals surface area contributed by atoms with Crippen molar-refractivity contribution >= 4 is 45.8 Å². The minimum absolute atomic E-state index is 0.159. The number of rotatable bonds is 3. The molecular weight excluding hydrogens is 320 g/mol. The first-order valence-electron chi connectivity index (χ1n) is 5.58. The van der Waals surface area contributed by atoms with Crippen LogP contribution in [0, 0.1) is 0 Å². The van der Waals surface area contributed by atoms with Gasteiger partial charge in [0, 0.05) is 38.5 Å². The van der Waals surface area contributed by atoms with E-state index in [2.05, 4.69) is 33.5 Å². The summed E-state index contributed by atoms with van der Waals surface area (Å²) in [5.74, 6) is 1.04. The molecule has 0 atom stereocenters. The lowest BCUT2D eigenvalue weighted by Gasteiger charge is -2.34. The van der Waals surface area contributed by atoms with Crippen molar-refractivity contribution in [2.75, 3.05) is 38.5 Å². The number of hydrogen-bond acceptors (Lipinski definition) is 4. The Kier molecular flexibility index (Phi) is 4.90. The van der Waals surface area contributed by atoms with Gasteiger partial charge in [-0.3, -0.25) is 9.69 Å². The highest BCUT2D eigenvalue weighted by atomic mass is 79.9. The third-order valence-electron chi connectivity index (χ3n) is 2.86. The van der Waals surface area contributed by atoms with Crippen LogP contribution in [0.4, 0.5) is 0 Å². The van der Waals surface area contributed by atoms with Crippen LogP contribution >= 0.6 is 39.9 Å². The first-order chi connectivity index (χ1) is 8.20. The summed E-state index contributed by atoms with van der Waals surface area (Å²) in [6.45, 7) is 4.57. The molecule has 1 aromatic heterocycles. The maximum atomic E-state index is 12.2. The van der Waals surface area contributed by atoms with E-state index in [-0.39, 0.29) is 5.91 Å². The fourth-order valence-corrected chi connectivity index (χ4v) is 3.54. The lowest BCUT2D eigenvalue weighted by Crippen LogP contribution is -2.48. The Morgan fingerprint density at radius 2 is 2.06 bits per heavy atom. The third kappa shape index (κ3) is 3.47. The molecular formula is C11H15BrN2OS2. The van der Waals surface area contributed by atoms with Gasteiger partial charge in [0.15, 0.2) is 0 Å². The van der Waals surface area contributed by atoms with Gasteiger partial charge in [0.1, 0.15) is 0 Å². The van der Waals surface area contributed by atoms with Gasteiger partial charge in [0.05, 0.1) is 8.66 Å². The lowest BCUT2D eigenvalue weighted by atomic mass is 10.3.